The first kappa shape index (κ1) is 16.0. The molecule has 0 aliphatic carbocycles. The van der Waals surface area contributed by atoms with Crippen LogP contribution in [0.2, 0.25) is 0 Å². The number of carbonyl (C=O) groups is 2. The fourth-order valence-electron chi connectivity index (χ4n) is 1.75. The highest BCUT2D eigenvalue weighted by Crippen LogP contribution is 2.16. The van der Waals surface area contributed by atoms with Gasteiger partial charge in [0.1, 0.15) is 5.75 Å². The number of phenols is 1. The summed E-state index contributed by atoms with van der Waals surface area (Å²) in [5.74, 6) is -0.115. The Bertz CT molecular complexity index is 445. The van der Waals surface area contributed by atoms with Crippen LogP contribution in [0, 0.1) is 0 Å². The molecule has 1 amide bonds. The summed E-state index contributed by atoms with van der Waals surface area (Å²) in [5, 5.41) is 12.3. The standard InChI is InChI=1S/C15H21NO4/c1-2-20-15(19)8-5-11-16-14(18)10-9-12-6-3-4-7-13(12)17/h3-4,6-7,17H,2,5,8-11H2,1H3,(H,16,18). The van der Waals surface area contributed by atoms with Gasteiger partial charge in [-0.15, -0.1) is 0 Å². The van der Waals surface area contributed by atoms with Crippen LogP contribution in [0.1, 0.15) is 31.7 Å². The van der Waals surface area contributed by atoms with E-state index in [-0.39, 0.29) is 17.6 Å². The van der Waals surface area contributed by atoms with Gasteiger partial charge in [0.15, 0.2) is 0 Å². The highest BCUT2D eigenvalue weighted by Gasteiger charge is 2.06. The molecule has 1 aromatic rings. The topological polar surface area (TPSA) is 75.6 Å². The molecule has 110 valence electrons. The Morgan fingerprint density at radius 3 is 2.70 bits per heavy atom. The number of nitrogens with one attached hydrogen (secondary N) is 1. The van der Waals surface area contributed by atoms with Crippen molar-refractivity contribution in [2.24, 2.45) is 0 Å². The van der Waals surface area contributed by atoms with Crippen molar-refractivity contribution in [3.8, 4) is 5.75 Å². The third kappa shape index (κ3) is 6.22. The Morgan fingerprint density at radius 1 is 1.25 bits per heavy atom. The van der Waals surface area contributed by atoms with Gasteiger partial charge in [0, 0.05) is 19.4 Å². The Morgan fingerprint density at radius 2 is 2.00 bits per heavy atom. The van der Waals surface area contributed by atoms with Crippen molar-refractivity contribution in [1.82, 2.24) is 5.32 Å². The molecule has 0 heterocycles. The molecule has 0 radical (unpaired) electrons. The van der Waals surface area contributed by atoms with Crippen LogP contribution in [0.5, 0.6) is 5.75 Å². The molecule has 1 rings (SSSR count). The SMILES string of the molecule is CCOC(=O)CCCNC(=O)CCc1ccccc1O. The highest BCUT2D eigenvalue weighted by atomic mass is 16.5. The normalized spacial score (nSPS) is 10.1. The molecule has 5 nitrogen and oxygen atoms in total. The first-order chi connectivity index (χ1) is 9.63. The lowest BCUT2D eigenvalue weighted by atomic mass is 10.1. The van der Waals surface area contributed by atoms with Crippen LogP contribution in [-0.4, -0.2) is 30.1 Å². The summed E-state index contributed by atoms with van der Waals surface area (Å²) in [6, 6.07) is 6.97. The number of esters is 1. The fourth-order valence-corrected chi connectivity index (χ4v) is 1.75. The summed E-state index contributed by atoms with van der Waals surface area (Å²) in [5.41, 5.74) is 0.758. The van der Waals surface area contributed by atoms with Gasteiger partial charge in [-0.1, -0.05) is 18.2 Å². The van der Waals surface area contributed by atoms with Gasteiger partial charge < -0.3 is 15.2 Å². The van der Waals surface area contributed by atoms with Gasteiger partial charge in [-0.25, -0.2) is 0 Å². The molecule has 20 heavy (non-hydrogen) atoms. The molecule has 0 fully saturated rings. The molecule has 0 aromatic heterocycles. The predicted molar refractivity (Wildman–Crippen MR) is 75.3 cm³/mol. The molecule has 0 saturated heterocycles. The first-order valence-electron chi connectivity index (χ1n) is 6.82. The zero-order chi connectivity index (χ0) is 14.8. The highest BCUT2D eigenvalue weighted by molar-refractivity contribution is 5.76. The van der Waals surface area contributed by atoms with Gasteiger partial charge in [0.05, 0.1) is 6.61 Å². The number of carbonyl (C=O) groups excluding carboxylic acids is 2. The Labute approximate surface area is 118 Å². The van der Waals surface area contributed by atoms with Crippen molar-refractivity contribution >= 4 is 11.9 Å². The second kappa shape index (κ2) is 8.96. The summed E-state index contributed by atoms with van der Waals surface area (Å²) >= 11 is 0. The molecule has 0 unspecified atom stereocenters. The van der Waals surface area contributed by atoms with E-state index in [4.69, 9.17) is 4.74 Å². The molecular formula is C15H21NO4. The maximum atomic E-state index is 11.6. The largest absolute Gasteiger partial charge is 0.508 e. The monoisotopic (exact) mass is 279 g/mol. The van der Waals surface area contributed by atoms with Crippen LogP contribution >= 0.6 is 0 Å². The zero-order valence-electron chi connectivity index (χ0n) is 11.7. The minimum absolute atomic E-state index is 0.0860. The number of aryl methyl sites for hydroxylation is 1. The average molecular weight is 279 g/mol. The molecule has 0 atom stereocenters. The van der Waals surface area contributed by atoms with Gasteiger partial charge in [0.2, 0.25) is 5.91 Å². The fraction of sp³-hybridized carbons (Fsp3) is 0.467. The molecule has 0 aliphatic rings. The summed E-state index contributed by atoms with van der Waals surface area (Å²) in [7, 11) is 0. The van der Waals surface area contributed by atoms with Crippen LogP contribution in [0.3, 0.4) is 0 Å². The van der Waals surface area contributed by atoms with Gasteiger partial charge >= 0.3 is 5.97 Å². The van der Waals surface area contributed by atoms with E-state index in [2.05, 4.69) is 5.32 Å². The Balaban J connectivity index is 2.15. The van der Waals surface area contributed by atoms with Crippen LogP contribution < -0.4 is 5.32 Å². The maximum Gasteiger partial charge on any atom is 0.305 e. The number of amides is 1. The van der Waals surface area contributed by atoms with Crippen LogP contribution in [-0.2, 0) is 20.7 Å². The Kier molecular flexibility index (Phi) is 7.17. The number of ether oxygens (including phenoxy) is 1. The van der Waals surface area contributed by atoms with Gasteiger partial charge in [0.25, 0.3) is 0 Å². The number of aromatic hydroxyl groups is 1. The Hall–Kier alpha value is -2.04. The van der Waals surface area contributed by atoms with Crippen molar-refractivity contribution in [1.29, 1.82) is 0 Å². The van der Waals surface area contributed by atoms with E-state index in [1.54, 1.807) is 25.1 Å². The molecule has 0 spiro atoms. The van der Waals surface area contributed by atoms with Crippen molar-refractivity contribution in [3.05, 3.63) is 29.8 Å². The molecule has 1 aromatic carbocycles. The van der Waals surface area contributed by atoms with E-state index in [9.17, 15) is 14.7 Å². The van der Waals surface area contributed by atoms with Crippen molar-refractivity contribution in [3.63, 3.8) is 0 Å². The number of hydrogen-bond acceptors (Lipinski definition) is 4. The van der Waals surface area contributed by atoms with Crippen LogP contribution in [0.4, 0.5) is 0 Å². The number of hydrogen-bond donors (Lipinski definition) is 2. The predicted octanol–water partition coefficient (Wildman–Crippen LogP) is 1.78. The average Bonchev–Trinajstić information content (AvgIpc) is 2.43. The smallest absolute Gasteiger partial charge is 0.305 e. The van der Waals surface area contributed by atoms with Crippen LogP contribution in [0.15, 0.2) is 24.3 Å². The third-order valence-electron chi connectivity index (χ3n) is 2.80. The lowest BCUT2D eigenvalue weighted by Gasteiger charge is -2.06. The molecule has 5 heteroatoms. The maximum absolute atomic E-state index is 11.6. The summed E-state index contributed by atoms with van der Waals surface area (Å²) in [4.78, 5) is 22.7. The van der Waals surface area contributed by atoms with E-state index in [0.29, 0.717) is 38.8 Å². The third-order valence-corrected chi connectivity index (χ3v) is 2.80. The second-order valence-electron chi connectivity index (χ2n) is 4.39. The van der Waals surface area contributed by atoms with Crippen molar-refractivity contribution < 1.29 is 19.4 Å². The molecular weight excluding hydrogens is 258 g/mol. The minimum Gasteiger partial charge on any atom is -0.508 e. The zero-order valence-corrected chi connectivity index (χ0v) is 11.7. The molecule has 0 aliphatic heterocycles. The number of rotatable bonds is 8. The van der Waals surface area contributed by atoms with Crippen molar-refractivity contribution in [2.45, 2.75) is 32.6 Å². The van der Waals surface area contributed by atoms with E-state index in [1.807, 2.05) is 6.07 Å². The quantitative estimate of drug-likeness (QED) is 0.562. The lowest BCUT2D eigenvalue weighted by Crippen LogP contribution is -2.25. The minimum atomic E-state index is -0.240. The van der Waals surface area contributed by atoms with E-state index in [0.717, 1.165) is 5.56 Å². The second-order valence-corrected chi connectivity index (χ2v) is 4.39. The lowest BCUT2D eigenvalue weighted by molar-refractivity contribution is -0.143. The number of benzene rings is 1. The molecule has 2 N–H and O–H groups in total. The number of para-hydroxylation sites is 1. The first-order valence-corrected chi connectivity index (χ1v) is 6.82. The van der Waals surface area contributed by atoms with Crippen molar-refractivity contribution in [2.75, 3.05) is 13.2 Å². The summed E-state index contributed by atoms with van der Waals surface area (Å²) < 4.78 is 4.79. The van der Waals surface area contributed by atoms with Crippen LogP contribution in [0.25, 0.3) is 0 Å². The van der Waals surface area contributed by atoms with Gasteiger partial charge in [-0.05, 0) is 31.4 Å². The van der Waals surface area contributed by atoms with Gasteiger partial charge in [-0.3, -0.25) is 9.59 Å². The van der Waals surface area contributed by atoms with E-state index >= 15 is 0 Å². The molecule has 0 bridgehead atoms. The van der Waals surface area contributed by atoms with E-state index < -0.39 is 0 Å². The molecule has 0 saturated carbocycles. The van der Waals surface area contributed by atoms with E-state index in [1.165, 1.54) is 0 Å². The number of phenolic OH excluding ortho intramolecular Hbond substituents is 1. The van der Waals surface area contributed by atoms with Gasteiger partial charge in [-0.2, -0.15) is 0 Å². The summed E-state index contributed by atoms with van der Waals surface area (Å²) in [6.07, 6.45) is 1.70. The summed E-state index contributed by atoms with van der Waals surface area (Å²) in [6.45, 7) is 2.60.